The summed E-state index contributed by atoms with van der Waals surface area (Å²) in [4.78, 5) is 14.0. The molecule has 0 fully saturated rings. The van der Waals surface area contributed by atoms with E-state index in [4.69, 9.17) is 5.73 Å². The molecule has 0 atom stereocenters. The number of amides is 1. The van der Waals surface area contributed by atoms with Crippen molar-refractivity contribution in [2.45, 2.75) is 59.8 Å². The lowest BCUT2D eigenvalue weighted by Crippen LogP contribution is -2.32. The first-order chi connectivity index (χ1) is 7.96. The van der Waals surface area contributed by atoms with Crippen molar-refractivity contribution >= 4 is 5.91 Å². The summed E-state index contributed by atoms with van der Waals surface area (Å²) in [7, 11) is 0. The van der Waals surface area contributed by atoms with Gasteiger partial charge in [0, 0.05) is 19.5 Å². The monoisotopic (exact) mass is 242 g/mol. The van der Waals surface area contributed by atoms with Crippen molar-refractivity contribution in [1.82, 2.24) is 4.90 Å². The fraction of sp³-hybridized carbons (Fsp3) is 0.929. The second kappa shape index (κ2) is 8.51. The van der Waals surface area contributed by atoms with Gasteiger partial charge in [0.05, 0.1) is 0 Å². The lowest BCUT2D eigenvalue weighted by atomic mass is 9.84. The van der Waals surface area contributed by atoms with Crippen LogP contribution < -0.4 is 5.73 Å². The Hall–Kier alpha value is -0.570. The molecule has 0 rings (SSSR count). The topological polar surface area (TPSA) is 46.3 Å². The zero-order valence-corrected chi connectivity index (χ0v) is 12.1. The molecule has 0 saturated heterocycles. The predicted octanol–water partition coefficient (Wildman–Crippen LogP) is 2.79. The van der Waals surface area contributed by atoms with Crippen LogP contribution in [-0.4, -0.2) is 30.4 Å². The summed E-state index contributed by atoms with van der Waals surface area (Å²) in [5, 5.41) is 0. The summed E-state index contributed by atoms with van der Waals surface area (Å²) in [6.45, 7) is 11.0. The average molecular weight is 242 g/mol. The first-order valence-corrected chi connectivity index (χ1v) is 6.94. The third kappa shape index (κ3) is 7.37. The van der Waals surface area contributed by atoms with Crippen LogP contribution in [-0.2, 0) is 4.79 Å². The maximum absolute atomic E-state index is 12.0. The Balaban J connectivity index is 4.05. The maximum Gasteiger partial charge on any atom is 0.222 e. The molecule has 3 nitrogen and oxygen atoms in total. The van der Waals surface area contributed by atoms with Gasteiger partial charge in [0.1, 0.15) is 0 Å². The molecule has 0 aromatic rings. The van der Waals surface area contributed by atoms with E-state index < -0.39 is 0 Å². The molecule has 0 aromatic heterocycles. The molecular weight excluding hydrogens is 212 g/mol. The molecule has 0 spiro atoms. The largest absolute Gasteiger partial charge is 0.343 e. The van der Waals surface area contributed by atoms with E-state index >= 15 is 0 Å². The van der Waals surface area contributed by atoms with E-state index in [1.165, 1.54) is 0 Å². The van der Waals surface area contributed by atoms with Crippen LogP contribution in [0, 0.1) is 5.41 Å². The molecule has 2 N–H and O–H groups in total. The summed E-state index contributed by atoms with van der Waals surface area (Å²) in [5.74, 6) is 0.297. The van der Waals surface area contributed by atoms with E-state index in [1.54, 1.807) is 0 Å². The van der Waals surface area contributed by atoms with E-state index in [1.807, 2.05) is 4.90 Å². The number of hydrogen-bond acceptors (Lipinski definition) is 2. The number of hydrogen-bond donors (Lipinski definition) is 1. The second-order valence-corrected chi connectivity index (χ2v) is 5.53. The molecule has 17 heavy (non-hydrogen) atoms. The van der Waals surface area contributed by atoms with Gasteiger partial charge in [-0.05, 0) is 38.1 Å². The fourth-order valence-corrected chi connectivity index (χ4v) is 1.93. The van der Waals surface area contributed by atoms with Gasteiger partial charge in [-0.1, -0.05) is 27.2 Å². The first kappa shape index (κ1) is 16.4. The molecule has 0 aliphatic rings. The highest BCUT2D eigenvalue weighted by atomic mass is 16.2. The van der Waals surface area contributed by atoms with Gasteiger partial charge in [0.15, 0.2) is 0 Å². The predicted molar refractivity (Wildman–Crippen MR) is 73.8 cm³/mol. The van der Waals surface area contributed by atoms with E-state index in [9.17, 15) is 4.79 Å². The van der Waals surface area contributed by atoms with Crippen LogP contribution in [0.2, 0.25) is 0 Å². The van der Waals surface area contributed by atoms with Crippen LogP contribution >= 0.6 is 0 Å². The van der Waals surface area contributed by atoms with Crippen molar-refractivity contribution in [3.05, 3.63) is 0 Å². The Bertz CT molecular complexity index is 214. The number of nitrogens with zero attached hydrogens (tertiary/aromatic N) is 1. The quantitative estimate of drug-likeness (QED) is 0.676. The SMILES string of the molecule is CCCCN(CC)C(=O)CCC(C)(C)CCN. The van der Waals surface area contributed by atoms with E-state index in [0.29, 0.717) is 18.9 Å². The first-order valence-electron chi connectivity index (χ1n) is 6.94. The van der Waals surface area contributed by atoms with Crippen LogP contribution in [0.3, 0.4) is 0 Å². The highest BCUT2D eigenvalue weighted by Crippen LogP contribution is 2.26. The number of rotatable bonds is 9. The molecule has 0 aromatic carbocycles. The molecule has 1 amide bonds. The summed E-state index contributed by atoms with van der Waals surface area (Å²) in [5.41, 5.74) is 5.77. The van der Waals surface area contributed by atoms with Gasteiger partial charge in [-0.25, -0.2) is 0 Å². The van der Waals surface area contributed by atoms with Crippen molar-refractivity contribution in [1.29, 1.82) is 0 Å². The molecule has 0 heterocycles. The Kier molecular flexibility index (Phi) is 8.23. The second-order valence-electron chi connectivity index (χ2n) is 5.53. The summed E-state index contributed by atoms with van der Waals surface area (Å²) < 4.78 is 0. The molecule has 0 aliphatic heterocycles. The highest BCUT2D eigenvalue weighted by molar-refractivity contribution is 5.76. The van der Waals surface area contributed by atoms with Crippen molar-refractivity contribution in [3.63, 3.8) is 0 Å². The third-order valence-corrected chi connectivity index (χ3v) is 3.35. The standard InChI is InChI=1S/C14H30N2O/c1-5-7-12-16(6-2)13(17)8-9-14(3,4)10-11-15/h5-12,15H2,1-4H3. The van der Waals surface area contributed by atoms with Crippen molar-refractivity contribution in [2.24, 2.45) is 11.1 Å². The number of carbonyl (C=O) groups is 1. The Morgan fingerprint density at radius 2 is 1.88 bits per heavy atom. The lowest BCUT2D eigenvalue weighted by Gasteiger charge is -2.26. The Labute approximate surface area is 107 Å². The summed E-state index contributed by atoms with van der Waals surface area (Å²) >= 11 is 0. The van der Waals surface area contributed by atoms with Crippen LogP contribution in [0.25, 0.3) is 0 Å². The van der Waals surface area contributed by atoms with E-state index in [-0.39, 0.29) is 5.41 Å². The number of nitrogens with two attached hydrogens (primary N) is 1. The van der Waals surface area contributed by atoms with Gasteiger partial charge in [-0.15, -0.1) is 0 Å². The summed E-state index contributed by atoms with van der Waals surface area (Å²) in [6, 6.07) is 0. The minimum atomic E-state index is 0.189. The third-order valence-electron chi connectivity index (χ3n) is 3.35. The molecule has 0 unspecified atom stereocenters. The van der Waals surface area contributed by atoms with Crippen LogP contribution in [0.15, 0.2) is 0 Å². The van der Waals surface area contributed by atoms with Gasteiger partial charge in [-0.3, -0.25) is 4.79 Å². The highest BCUT2D eigenvalue weighted by Gasteiger charge is 2.20. The molecule has 0 aliphatic carbocycles. The average Bonchev–Trinajstić information content (AvgIpc) is 2.27. The molecular formula is C14H30N2O. The smallest absolute Gasteiger partial charge is 0.222 e. The van der Waals surface area contributed by atoms with Crippen LogP contribution in [0.1, 0.15) is 59.8 Å². The van der Waals surface area contributed by atoms with Gasteiger partial charge >= 0.3 is 0 Å². The minimum Gasteiger partial charge on any atom is -0.343 e. The van der Waals surface area contributed by atoms with Gasteiger partial charge in [-0.2, -0.15) is 0 Å². The molecule has 0 radical (unpaired) electrons. The lowest BCUT2D eigenvalue weighted by molar-refractivity contribution is -0.131. The Morgan fingerprint density at radius 1 is 1.24 bits per heavy atom. The zero-order chi connectivity index (χ0) is 13.3. The van der Waals surface area contributed by atoms with Gasteiger partial charge < -0.3 is 10.6 Å². The zero-order valence-electron chi connectivity index (χ0n) is 12.1. The van der Waals surface area contributed by atoms with Crippen molar-refractivity contribution in [2.75, 3.05) is 19.6 Å². The maximum atomic E-state index is 12.0. The van der Waals surface area contributed by atoms with Crippen LogP contribution in [0.5, 0.6) is 0 Å². The molecule has 0 saturated carbocycles. The van der Waals surface area contributed by atoms with E-state index in [0.717, 1.165) is 38.8 Å². The molecule has 3 heteroatoms. The molecule has 0 bridgehead atoms. The summed E-state index contributed by atoms with van der Waals surface area (Å²) in [6.07, 6.45) is 4.83. The fourth-order valence-electron chi connectivity index (χ4n) is 1.93. The van der Waals surface area contributed by atoms with Crippen molar-refractivity contribution in [3.8, 4) is 0 Å². The number of carbonyl (C=O) groups excluding carboxylic acids is 1. The van der Waals surface area contributed by atoms with E-state index in [2.05, 4.69) is 27.7 Å². The van der Waals surface area contributed by atoms with Gasteiger partial charge in [0.2, 0.25) is 5.91 Å². The normalized spacial score (nSPS) is 11.6. The molecule has 102 valence electrons. The minimum absolute atomic E-state index is 0.189. The van der Waals surface area contributed by atoms with Crippen molar-refractivity contribution < 1.29 is 4.79 Å². The Morgan fingerprint density at radius 3 is 2.35 bits per heavy atom. The van der Waals surface area contributed by atoms with Gasteiger partial charge in [0.25, 0.3) is 0 Å². The van der Waals surface area contributed by atoms with Crippen LogP contribution in [0.4, 0.5) is 0 Å². The number of unbranched alkanes of at least 4 members (excludes halogenated alkanes) is 1.